The fourth-order valence-corrected chi connectivity index (χ4v) is 3.93. The fraction of sp³-hybridized carbons (Fsp3) is 0.389. The molecule has 1 aliphatic rings. The highest BCUT2D eigenvalue weighted by atomic mass is 32.1. The minimum Gasteiger partial charge on any atom is -0.493 e. The molecule has 2 heterocycles. The number of hydrogen-bond donors (Lipinski definition) is 1. The van der Waals surface area contributed by atoms with Crippen LogP contribution in [0.3, 0.4) is 0 Å². The number of nitrogens with one attached hydrogen (secondary N) is 1. The van der Waals surface area contributed by atoms with Crippen molar-refractivity contribution in [3.63, 3.8) is 0 Å². The van der Waals surface area contributed by atoms with Gasteiger partial charge in [0.25, 0.3) is 5.91 Å². The Morgan fingerprint density at radius 2 is 1.79 bits per heavy atom. The maximum atomic E-state index is 12.7. The number of anilines is 1. The first-order valence-corrected chi connectivity index (χ1v) is 9.25. The van der Waals surface area contributed by atoms with Gasteiger partial charge in [0, 0.05) is 23.4 Å². The summed E-state index contributed by atoms with van der Waals surface area (Å²) in [5, 5.41) is 3.26. The van der Waals surface area contributed by atoms with Crippen molar-refractivity contribution < 1.29 is 28.5 Å². The third-order valence-electron chi connectivity index (χ3n) is 4.31. The minimum absolute atomic E-state index is 0.346. The van der Waals surface area contributed by atoms with Crippen molar-refractivity contribution in [3.8, 4) is 17.2 Å². The Labute approximate surface area is 166 Å². The first kappa shape index (κ1) is 19.7. The Bertz CT molecular complexity index is 872. The number of carbonyl (C=O) groups is 2. The highest BCUT2D eigenvalue weighted by Gasteiger charge is 2.25. The molecule has 1 aromatic heterocycles. The lowest BCUT2D eigenvalue weighted by Gasteiger charge is -2.24. The van der Waals surface area contributed by atoms with Crippen LogP contribution in [-0.4, -0.2) is 56.9 Å². The lowest BCUT2D eigenvalue weighted by molar-refractivity contribution is 0.102. The lowest BCUT2D eigenvalue weighted by atomic mass is 10.1. The van der Waals surface area contributed by atoms with Gasteiger partial charge in [0.1, 0.15) is 0 Å². The van der Waals surface area contributed by atoms with Gasteiger partial charge in [-0.15, -0.1) is 0 Å². The number of carbonyl (C=O) groups excluding carboxylic acids is 2. The zero-order valence-corrected chi connectivity index (χ0v) is 16.8. The summed E-state index contributed by atoms with van der Waals surface area (Å²) in [5.74, 6) is 0.836. The average molecular weight is 407 g/mol. The second-order valence-electron chi connectivity index (χ2n) is 5.90. The summed E-state index contributed by atoms with van der Waals surface area (Å²) in [4.78, 5) is 31.4. The van der Waals surface area contributed by atoms with E-state index >= 15 is 0 Å². The van der Waals surface area contributed by atoms with E-state index in [-0.39, 0.29) is 12.0 Å². The molecule has 9 nitrogen and oxygen atoms in total. The monoisotopic (exact) mass is 407 g/mol. The van der Waals surface area contributed by atoms with Gasteiger partial charge in [-0.1, -0.05) is 11.3 Å². The Balaban J connectivity index is 1.79. The van der Waals surface area contributed by atoms with Crippen LogP contribution in [0.1, 0.15) is 20.9 Å². The molecule has 0 aliphatic carbocycles. The normalized spacial score (nSPS) is 12.8. The summed E-state index contributed by atoms with van der Waals surface area (Å²) >= 11 is 1.34. The van der Waals surface area contributed by atoms with E-state index in [9.17, 15) is 9.59 Å². The highest BCUT2D eigenvalue weighted by Crippen LogP contribution is 2.38. The first-order chi connectivity index (χ1) is 13.5. The van der Waals surface area contributed by atoms with Crippen LogP contribution in [0.2, 0.25) is 0 Å². The maximum Gasteiger partial charge on any atom is 0.409 e. The second-order valence-corrected chi connectivity index (χ2v) is 6.98. The summed E-state index contributed by atoms with van der Waals surface area (Å²) < 4.78 is 20.6. The average Bonchev–Trinajstić information content (AvgIpc) is 3.13. The molecule has 150 valence electrons. The van der Waals surface area contributed by atoms with Crippen molar-refractivity contribution in [2.75, 3.05) is 40.3 Å². The zero-order chi connectivity index (χ0) is 20.3. The molecular weight excluding hydrogens is 386 g/mol. The van der Waals surface area contributed by atoms with Crippen LogP contribution >= 0.6 is 11.3 Å². The number of aromatic nitrogens is 1. The van der Waals surface area contributed by atoms with E-state index in [2.05, 4.69) is 10.3 Å². The van der Waals surface area contributed by atoms with Crippen LogP contribution in [0.15, 0.2) is 12.1 Å². The first-order valence-electron chi connectivity index (χ1n) is 8.43. The number of rotatable bonds is 5. The van der Waals surface area contributed by atoms with E-state index in [1.54, 1.807) is 17.0 Å². The minimum atomic E-state index is -0.373. The van der Waals surface area contributed by atoms with Crippen LogP contribution in [0.5, 0.6) is 17.2 Å². The molecule has 0 bridgehead atoms. The number of methoxy groups -OCH3 is 4. The number of ether oxygens (including phenoxy) is 4. The van der Waals surface area contributed by atoms with Crippen LogP contribution in [-0.2, 0) is 17.7 Å². The van der Waals surface area contributed by atoms with E-state index in [1.807, 2.05) is 0 Å². The summed E-state index contributed by atoms with van der Waals surface area (Å²) in [6, 6.07) is 3.15. The Kier molecular flexibility index (Phi) is 5.88. The SMILES string of the molecule is COC(=O)N1CCc2nc(NC(=O)c3cc(OC)c(OC)c(OC)c3)sc2C1. The van der Waals surface area contributed by atoms with E-state index in [0.29, 0.717) is 47.5 Å². The van der Waals surface area contributed by atoms with Gasteiger partial charge in [0.2, 0.25) is 5.75 Å². The van der Waals surface area contributed by atoms with Crippen molar-refractivity contribution in [2.24, 2.45) is 0 Å². The molecule has 2 amide bonds. The Morgan fingerprint density at radius 3 is 2.36 bits per heavy atom. The van der Waals surface area contributed by atoms with Crippen LogP contribution in [0, 0.1) is 0 Å². The van der Waals surface area contributed by atoms with Gasteiger partial charge in [-0.05, 0) is 12.1 Å². The quantitative estimate of drug-likeness (QED) is 0.813. The number of benzene rings is 1. The van der Waals surface area contributed by atoms with Gasteiger partial charge < -0.3 is 23.8 Å². The molecule has 1 aliphatic heterocycles. The molecule has 0 saturated carbocycles. The number of hydrogen-bond acceptors (Lipinski definition) is 8. The summed E-state index contributed by atoms with van der Waals surface area (Å²) in [6.45, 7) is 0.948. The van der Waals surface area contributed by atoms with Crippen molar-refractivity contribution in [3.05, 3.63) is 28.3 Å². The second kappa shape index (κ2) is 8.34. The molecule has 10 heteroatoms. The van der Waals surface area contributed by atoms with Crippen molar-refractivity contribution in [2.45, 2.75) is 13.0 Å². The van der Waals surface area contributed by atoms with E-state index in [4.69, 9.17) is 18.9 Å². The summed E-state index contributed by atoms with van der Waals surface area (Å²) in [6.07, 6.45) is 0.239. The van der Waals surface area contributed by atoms with Crippen molar-refractivity contribution in [1.29, 1.82) is 0 Å². The van der Waals surface area contributed by atoms with Gasteiger partial charge in [0.05, 0.1) is 40.7 Å². The van der Waals surface area contributed by atoms with Crippen molar-refractivity contribution >= 4 is 28.5 Å². The molecule has 0 spiro atoms. The molecule has 1 aromatic carbocycles. The van der Waals surface area contributed by atoms with E-state index in [1.165, 1.54) is 39.8 Å². The topological polar surface area (TPSA) is 99.2 Å². The predicted molar refractivity (Wildman–Crippen MR) is 103 cm³/mol. The standard InChI is InChI=1S/C18H21N3O6S/c1-24-12-7-10(8-13(25-2)15(12)26-3)16(22)20-17-19-11-5-6-21(18(23)27-4)9-14(11)28-17/h7-8H,5-6,9H2,1-4H3,(H,19,20,22). The zero-order valence-electron chi connectivity index (χ0n) is 16.0. The molecule has 3 rings (SSSR count). The van der Waals surface area contributed by atoms with E-state index < -0.39 is 0 Å². The predicted octanol–water partition coefficient (Wildman–Crippen LogP) is 2.55. The molecule has 28 heavy (non-hydrogen) atoms. The van der Waals surface area contributed by atoms with Gasteiger partial charge in [-0.3, -0.25) is 10.1 Å². The smallest absolute Gasteiger partial charge is 0.409 e. The number of thiazole rings is 1. The van der Waals surface area contributed by atoms with Crippen LogP contribution in [0.25, 0.3) is 0 Å². The van der Waals surface area contributed by atoms with E-state index in [0.717, 1.165) is 10.6 Å². The van der Waals surface area contributed by atoms with Crippen molar-refractivity contribution in [1.82, 2.24) is 9.88 Å². The lowest BCUT2D eigenvalue weighted by Crippen LogP contribution is -2.35. The molecule has 2 aromatic rings. The largest absolute Gasteiger partial charge is 0.493 e. The molecule has 0 unspecified atom stereocenters. The van der Waals surface area contributed by atoms with Gasteiger partial charge in [-0.25, -0.2) is 9.78 Å². The third kappa shape index (κ3) is 3.81. The highest BCUT2D eigenvalue weighted by molar-refractivity contribution is 7.15. The number of amides is 2. The van der Waals surface area contributed by atoms with Gasteiger partial charge in [-0.2, -0.15) is 0 Å². The summed E-state index contributed by atoms with van der Waals surface area (Å²) in [7, 11) is 5.83. The van der Waals surface area contributed by atoms with Gasteiger partial charge in [0.15, 0.2) is 16.6 Å². The summed E-state index contributed by atoms with van der Waals surface area (Å²) in [5.41, 5.74) is 1.23. The molecule has 0 radical (unpaired) electrons. The molecular formula is C18H21N3O6S. The molecule has 0 fully saturated rings. The van der Waals surface area contributed by atoms with Crippen LogP contribution in [0.4, 0.5) is 9.93 Å². The van der Waals surface area contributed by atoms with Crippen LogP contribution < -0.4 is 19.5 Å². The number of fused-ring (bicyclic) bond motifs is 1. The van der Waals surface area contributed by atoms with Gasteiger partial charge >= 0.3 is 6.09 Å². The molecule has 0 saturated heterocycles. The fourth-order valence-electron chi connectivity index (χ4n) is 2.92. The molecule has 0 atom stereocenters. The number of nitrogens with zero attached hydrogens (tertiary/aromatic N) is 2. The third-order valence-corrected chi connectivity index (χ3v) is 5.31. The maximum absolute atomic E-state index is 12.7. The molecule has 1 N–H and O–H groups in total. The Morgan fingerprint density at radius 1 is 1.11 bits per heavy atom. The Hall–Kier alpha value is -3.01.